The van der Waals surface area contributed by atoms with Crippen molar-refractivity contribution < 1.29 is 19.1 Å². The van der Waals surface area contributed by atoms with Crippen molar-refractivity contribution in [3.05, 3.63) is 0 Å². The predicted molar refractivity (Wildman–Crippen MR) is 121 cm³/mol. The molecule has 172 valence electrons. The first-order valence-electron chi connectivity index (χ1n) is 12.5. The van der Waals surface area contributed by atoms with Gasteiger partial charge in [-0.2, -0.15) is 0 Å². The van der Waals surface area contributed by atoms with E-state index >= 15 is 0 Å². The molecule has 0 radical (unpaired) electrons. The normalized spacial score (nSPS) is 10.8. The topological polar surface area (TPSA) is 52.6 Å². The van der Waals surface area contributed by atoms with Gasteiger partial charge < -0.3 is 9.47 Å². The molecule has 0 saturated heterocycles. The number of carbonyl (C=O) groups is 2. The van der Waals surface area contributed by atoms with Crippen molar-refractivity contribution in [1.82, 2.24) is 0 Å². The summed E-state index contributed by atoms with van der Waals surface area (Å²) in [5.74, 6) is -0.382. The maximum Gasteiger partial charge on any atom is 0.305 e. The molecule has 0 amide bonds. The first-order valence-corrected chi connectivity index (χ1v) is 12.5. The minimum atomic E-state index is -0.191. The van der Waals surface area contributed by atoms with Gasteiger partial charge in [0.25, 0.3) is 0 Å². The summed E-state index contributed by atoms with van der Waals surface area (Å²) < 4.78 is 10.5. The maximum absolute atomic E-state index is 11.7. The van der Waals surface area contributed by atoms with Crippen molar-refractivity contribution in [2.24, 2.45) is 0 Å². The van der Waals surface area contributed by atoms with Gasteiger partial charge in [0.15, 0.2) is 0 Å². The molecule has 0 aromatic heterocycles. The zero-order valence-electron chi connectivity index (χ0n) is 19.5. The molecule has 0 spiro atoms. The zero-order valence-corrected chi connectivity index (χ0v) is 19.5. The van der Waals surface area contributed by atoms with Crippen LogP contribution >= 0.6 is 0 Å². The smallest absolute Gasteiger partial charge is 0.305 e. The highest BCUT2D eigenvalue weighted by Crippen LogP contribution is 2.10. The largest absolute Gasteiger partial charge is 0.466 e. The Balaban J connectivity index is 3.31. The lowest BCUT2D eigenvalue weighted by atomic mass is 10.1. The minimum absolute atomic E-state index is 0.191. The van der Waals surface area contributed by atoms with Crippen LogP contribution in [-0.4, -0.2) is 25.2 Å². The number of ether oxygens (including phenoxy) is 2. The molecule has 0 atom stereocenters. The number of unbranched alkanes of at least 4 members (excludes halogenated alkanes) is 14. The van der Waals surface area contributed by atoms with Crippen LogP contribution in [-0.2, 0) is 19.1 Å². The second kappa shape index (κ2) is 23.2. The third-order valence-corrected chi connectivity index (χ3v) is 5.28. The fourth-order valence-electron chi connectivity index (χ4n) is 3.37. The van der Waals surface area contributed by atoms with Crippen LogP contribution in [0.2, 0.25) is 0 Å². The molecule has 0 heterocycles. The van der Waals surface area contributed by atoms with Crippen molar-refractivity contribution in [3.63, 3.8) is 0 Å². The van der Waals surface area contributed by atoms with Crippen LogP contribution in [0.25, 0.3) is 0 Å². The van der Waals surface area contributed by atoms with Gasteiger partial charge in [0.1, 0.15) is 0 Å². The summed E-state index contributed by atoms with van der Waals surface area (Å²) in [5, 5.41) is 0. The highest BCUT2D eigenvalue weighted by atomic mass is 16.5. The number of hydrogen-bond donors (Lipinski definition) is 0. The molecule has 29 heavy (non-hydrogen) atoms. The van der Waals surface area contributed by atoms with E-state index in [2.05, 4.69) is 13.8 Å². The molecule has 0 N–H and O–H groups in total. The van der Waals surface area contributed by atoms with Crippen LogP contribution in [0.1, 0.15) is 136 Å². The molecule has 0 aromatic carbocycles. The summed E-state index contributed by atoms with van der Waals surface area (Å²) in [6.07, 6.45) is 20.9. The summed E-state index contributed by atoms with van der Waals surface area (Å²) in [6.45, 7) is 5.48. The Morgan fingerprint density at radius 3 is 1.10 bits per heavy atom. The Morgan fingerprint density at radius 2 is 0.759 bits per heavy atom. The minimum Gasteiger partial charge on any atom is -0.466 e. The Bertz CT molecular complexity index is 334. The van der Waals surface area contributed by atoms with Gasteiger partial charge in [-0.25, -0.2) is 0 Å². The van der Waals surface area contributed by atoms with E-state index in [-0.39, 0.29) is 11.9 Å². The second-order valence-corrected chi connectivity index (χ2v) is 8.24. The molecular weight excluding hydrogens is 364 g/mol. The lowest BCUT2D eigenvalue weighted by molar-refractivity contribution is -0.145. The fraction of sp³-hybridized carbons (Fsp3) is 0.920. The van der Waals surface area contributed by atoms with E-state index in [4.69, 9.17) is 9.47 Å². The van der Waals surface area contributed by atoms with E-state index in [0.717, 1.165) is 25.7 Å². The van der Waals surface area contributed by atoms with Gasteiger partial charge in [-0.05, 0) is 19.3 Å². The van der Waals surface area contributed by atoms with Gasteiger partial charge in [0.2, 0.25) is 0 Å². The van der Waals surface area contributed by atoms with Gasteiger partial charge in [-0.15, -0.1) is 0 Å². The van der Waals surface area contributed by atoms with E-state index in [1.807, 2.05) is 0 Å². The molecule has 0 saturated carbocycles. The van der Waals surface area contributed by atoms with Crippen molar-refractivity contribution in [3.8, 4) is 0 Å². The maximum atomic E-state index is 11.7. The van der Waals surface area contributed by atoms with Gasteiger partial charge in [0.05, 0.1) is 13.2 Å². The standard InChI is InChI=1S/C25H48O4/c1-3-5-7-9-11-13-15-17-22-28-24(26)20-19-21-25(27)29-23-18-16-14-12-10-8-6-4-2/h3-23H2,1-2H3. The van der Waals surface area contributed by atoms with Gasteiger partial charge in [-0.3, -0.25) is 9.59 Å². The van der Waals surface area contributed by atoms with Crippen LogP contribution in [0.3, 0.4) is 0 Å². The zero-order chi connectivity index (χ0) is 21.4. The predicted octanol–water partition coefficient (Wildman–Crippen LogP) is 7.52. The lowest BCUT2D eigenvalue weighted by Crippen LogP contribution is -2.09. The van der Waals surface area contributed by atoms with E-state index in [1.165, 1.54) is 77.0 Å². The molecule has 0 aromatic rings. The average molecular weight is 413 g/mol. The molecule has 0 aliphatic rings. The third-order valence-electron chi connectivity index (χ3n) is 5.28. The highest BCUT2D eigenvalue weighted by Gasteiger charge is 2.07. The van der Waals surface area contributed by atoms with Crippen molar-refractivity contribution in [2.45, 2.75) is 136 Å². The Kier molecular flexibility index (Phi) is 22.4. The van der Waals surface area contributed by atoms with Crippen molar-refractivity contribution >= 4 is 11.9 Å². The molecule has 4 heteroatoms. The summed E-state index contributed by atoms with van der Waals surface area (Å²) in [4.78, 5) is 23.4. The number of esters is 2. The second-order valence-electron chi connectivity index (χ2n) is 8.24. The summed E-state index contributed by atoms with van der Waals surface area (Å²) in [5.41, 5.74) is 0. The quantitative estimate of drug-likeness (QED) is 0.136. The molecule has 0 bridgehead atoms. The Hall–Kier alpha value is -1.06. The van der Waals surface area contributed by atoms with E-state index in [1.54, 1.807) is 0 Å². The van der Waals surface area contributed by atoms with E-state index in [9.17, 15) is 9.59 Å². The molecule has 0 rings (SSSR count). The monoisotopic (exact) mass is 412 g/mol. The van der Waals surface area contributed by atoms with Crippen LogP contribution in [0.4, 0.5) is 0 Å². The SMILES string of the molecule is CCCCCCCCCCOC(=O)CCCC(=O)OCCCCCCCCCC. The average Bonchev–Trinajstić information content (AvgIpc) is 2.71. The Labute approximate surface area is 180 Å². The van der Waals surface area contributed by atoms with Crippen LogP contribution in [0, 0.1) is 0 Å². The first-order chi connectivity index (χ1) is 14.2. The van der Waals surface area contributed by atoms with E-state index < -0.39 is 0 Å². The molecule has 0 fully saturated rings. The van der Waals surface area contributed by atoms with Crippen molar-refractivity contribution in [1.29, 1.82) is 0 Å². The summed E-state index contributed by atoms with van der Waals surface area (Å²) in [6, 6.07) is 0. The third kappa shape index (κ3) is 23.1. The Morgan fingerprint density at radius 1 is 0.448 bits per heavy atom. The molecule has 0 unspecified atom stereocenters. The highest BCUT2D eigenvalue weighted by molar-refractivity contribution is 5.72. The van der Waals surface area contributed by atoms with Crippen LogP contribution in [0.15, 0.2) is 0 Å². The first kappa shape index (κ1) is 27.9. The molecule has 4 nitrogen and oxygen atoms in total. The molecular formula is C25H48O4. The summed E-state index contributed by atoms with van der Waals surface area (Å²) in [7, 11) is 0. The van der Waals surface area contributed by atoms with Gasteiger partial charge in [-0.1, -0.05) is 104 Å². The molecule has 0 aliphatic carbocycles. The lowest BCUT2D eigenvalue weighted by Gasteiger charge is -2.06. The molecule has 0 aliphatic heterocycles. The fourth-order valence-corrected chi connectivity index (χ4v) is 3.37. The van der Waals surface area contributed by atoms with Crippen LogP contribution < -0.4 is 0 Å². The van der Waals surface area contributed by atoms with Crippen molar-refractivity contribution in [2.75, 3.05) is 13.2 Å². The number of hydrogen-bond acceptors (Lipinski definition) is 4. The number of carbonyl (C=O) groups excluding carboxylic acids is 2. The van der Waals surface area contributed by atoms with Gasteiger partial charge in [0, 0.05) is 12.8 Å². The van der Waals surface area contributed by atoms with Gasteiger partial charge >= 0.3 is 11.9 Å². The summed E-state index contributed by atoms with van der Waals surface area (Å²) >= 11 is 0. The number of rotatable bonds is 22. The van der Waals surface area contributed by atoms with E-state index in [0.29, 0.717) is 32.5 Å². The van der Waals surface area contributed by atoms with Crippen LogP contribution in [0.5, 0.6) is 0 Å².